The molecule has 8 nitrogen and oxygen atoms in total. The molecule has 8 heteroatoms. The molecule has 0 radical (unpaired) electrons. The molecule has 3 aromatic rings. The van der Waals surface area contributed by atoms with Crippen molar-refractivity contribution >= 4 is 17.4 Å². The van der Waals surface area contributed by atoms with Crippen molar-refractivity contribution in [2.24, 2.45) is 0 Å². The molecule has 1 amide bonds. The van der Waals surface area contributed by atoms with Gasteiger partial charge in [0.15, 0.2) is 6.61 Å². The van der Waals surface area contributed by atoms with E-state index in [0.29, 0.717) is 22.9 Å². The minimum atomic E-state index is -0.467. The van der Waals surface area contributed by atoms with Gasteiger partial charge in [-0.1, -0.05) is 12.1 Å². The Morgan fingerprint density at radius 2 is 1.86 bits per heavy atom. The van der Waals surface area contributed by atoms with E-state index in [4.69, 9.17) is 4.74 Å². The standard InChI is InChI=1S/C20H20N4O4/c1-13-4-5-14(2)18(10-13)28-12-20(25)21-19-11-15(3)22-23(19)16-6-8-17(9-7-16)24(26)27/h4-11H,12H2,1-3H3,(H,21,25). The Hall–Kier alpha value is -3.68. The normalized spacial score (nSPS) is 10.5. The molecule has 1 heterocycles. The van der Waals surface area contributed by atoms with Gasteiger partial charge in [0.1, 0.15) is 11.6 Å². The van der Waals surface area contributed by atoms with Crippen LogP contribution in [0.25, 0.3) is 5.69 Å². The molecule has 0 unspecified atom stereocenters. The third kappa shape index (κ3) is 4.35. The van der Waals surface area contributed by atoms with Crippen molar-refractivity contribution in [2.75, 3.05) is 11.9 Å². The van der Waals surface area contributed by atoms with Crippen molar-refractivity contribution in [3.05, 3.63) is 75.5 Å². The van der Waals surface area contributed by atoms with Crippen LogP contribution >= 0.6 is 0 Å². The van der Waals surface area contributed by atoms with Gasteiger partial charge in [0.2, 0.25) is 0 Å². The van der Waals surface area contributed by atoms with Crippen LogP contribution in [0.1, 0.15) is 16.8 Å². The van der Waals surface area contributed by atoms with Gasteiger partial charge in [-0.3, -0.25) is 14.9 Å². The number of anilines is 1. The fourth-order valence-corrected chi connectivity index (χ4v) is 2.69. The topological polar surface area (TPSA) is 99.3 Å². The van der Waals surface area contributed by atoms with E-state index in [1.54, 1.807) is 25.1 Å². The second kappa shape index (κ2) is 7.91. The largest absolute Gasteiger partial charge is 0.483 e. The molecule has 28 heavy (non-hydrogen) atoms. The number of carbonyl (C=O) groups is 1. The van der Waals surface area contributed by atoms with Crippen molar-refractivity contribution in [3.63, 3.8) is 0 Å². The van der Waals surface area contributed by atoms with Crippen LogP contribution in [0.3, 0.4) is 0 Å². The van der Waals surface area contributed by atoms with E-state index >= 15 is 0 Å². The Bertz CT molecular complexity index is 1030. The highest BCUT2D eigenvalue weighted by Crippen LogP contribution is 2.21. The first-order chi connectivity index (χ1) is 13.3. The summed E-state index contributed by atoms with van der Waals surface area (Å²) in [6.07, 6.45) is 0. The number of aromatic nitrogens is 2. The van der Waals surface area contributed by atoms with Gasteiger partial charge in [0.05, 0.1) is 16.3 Å². The zero-order valence-corrected chi connectivity index (χ0v) is 15.8. The number of ether oxygens (including phenoxy) is 1. The van der Waals surface area contributed by atoms with Crippen LogP contribution in [0.2, 0.25) is 0 Å². The summed E-state index contributed by atoms with van der Waals surface area (Å²) in [6, 6.07) is 13.5. The van der Waals surface area contributed by atoms with Gasteiger partial charge in [-0.25, -0.2) is 4.68 Å². The molecule has 1 N–H and O–H groups in total. The number of aryl methyl sites for hydroxylation is 3. The highest BCUT2D eigenvalue weighted by molar-refractivity contribution is 5.91. The fourth-order valence-electron chi connectivity index (χ4n) is 2.69. The first kappa shape index (κ1) is 19.1. The molecule has 0 spiro atoms. The number of benzene rings is 2. The highest BCUT2D eigenvalue weighted by atomic mass is 16.6. The van der Waals surface area contributed by atoms with Crippen LogP contribution < -0.4 is 10.1 Å². The molecule has 0 atom stereocenters. The number of rotatable bonds is 6. The first-order valence-electron chi connectivity index (χ1n) is 8.65. The van der Waals surface area contributed by atoms with Crippen molar-refractivity contribution in [2.45, 2.75) is 20.8 Å². The van der Waals surface area contributed by atoms with E-state index in [-0.39, 0.29) is 18.2 Å². The third-order valence-corrected chi connectivity index (χ3v) is 4.11. The fraction of sp³-hybridized carbons (Fsp3) is 0.200. The minimum Gasteiger partial charge on any atom is -0.483 e. The number of non-ortho nitro benzene ring substituents is 1. The van der Waals surface area contributed by atoms with Crippen LogP contribution in [-0.4, -0.2) is 27.2 Å². The van der Waals surface area contributed by atoms with Gasteiger partial charge in [-0.05, 0) is 50.1 Å². The lowest BCUT2D eigenvalue weighted by Crippen LogP contribution is -2.22. The Morgan fingerprint density at radius 1 is 1.14 bits per heavy atom. The SMILES string of the molecule is Cc1ccc(C)c(OCC(=O)Nc2cc(C)nn2-c2ccc([N+](=O)[O-])cc2)c1. The molecule has 0 aliphatic rings. The van der Waals surface area contributed by atoms with E-state index in [9.17, 15) is 14.9 Å². The predicted molar refractivity (Wildman–Crippen MR) is 105 cm³/mol. The number of carbonyl (C=O) groups excluding carboxylic acids is 1. The quantitative estimate of drug-likeness (QED) is 0.519. The van der Waals surface area contributed by atoms with Crippen molar-refractivity contribution in [1.82, 2.24) is 9.78 Å². The molecule has 0 aliphatic heterocycles. The Morgan fingerprint density at radius 3 is 2.54 bits per heavy atom. The Labute approximate surface area is 161 Å². The lowest BCUT2D eigenvalue weighted by Gasteiger charge is -2.11. The summed E-state index contributed by atoms with van der Waals surface area (Å²) in [5.41, 5.74) is 3.28. The van der Waals surface area contributed by atoms with Crippen LogP contribution in [0.5, 0.6) is 5.75 Å². The van der Waals surface area contributed by atoms with E-state index in [1.165, 1.54) is 16.8 Å². The second-order valence-electron chi connectivity index (χ2n) is 6.46. The molecule has 144 valence electrons. The number of hydrogen-bond acceptors (Lipinski definition) is 5. The van der Waals surface area contributed by atoms with E-state index < -0.39 is 4.92 Å². The van der Waals surface area contributed by atoms with Crippen LogP contribution in [0.4, 0.5) is 11.5 Å². The first-order valence-corrected chi connectivity index (χ1v) is 8.65. The van der Waals surface area contributed by atoms with Crippen molar-refractivity contribution in [1.29, 1.82) is 0 Å². The van der Waals surface area contributed by atoms with E-state index in [2.05, 4.69) is 10.4 Å². The van der Waals surface area contributed by atoms with Gasteiger partial charge in [-0.15, -0.1) is 0 Å². The summed E-state index contributed by atoms with van der Waals surface area (Å²) in [5.74, 6) is 0.792. The molecule has 2 aromatic carbocycles. The van der Waals surface area contributed by atoms with Crippen LogP contribution in [0.15, 0.2) is 48.5 Å². The van der Waals surface area contributed by atoms with Gasteiger partial charge in [0, 0.05) is 18.2 Å². The molecule has 1 aromatic heterocycles. The van der Waals surface area contributed by atoms with Crippen LogP contribution in [-0.2, 0) is 4.79 Å². The molecule has 0 saturated heterocycles. The number of nitro groups is 1. The van der Waals surface area contributed by atoms with Crippen molar-refractivity contribution < 1.29 is 14.5 Å². The molecule has 0 bridgehead atoms. The smallest absolute Gasteiger partial charge is 0.269 e. The zero-order chi connectivity index (χ0) is 20.3. The van der Waals surface area contributed by atoms with Gasteiger partial charge >= 0.3 is 0 Å². The summed E-state index contributed by atoms with van der Waals surface area (Å²) in [5, 5.41) is 17.9. The molecule has 3 rings (SSSR count). The van der Waals surface area contributed by atoms with Crippen molar-refractivity contribution in [3.8, 4) is 11.4 Å². The van der Waals surface area contributed by atoms with Gasteiger partial charge < -0.3 is 10.1 Å². The molecule has 0 aliphatic carbocycles. The monoisotopic (exact) mass is 380 g/mol. The number of nitrogens with zero attached hydrogens (tertiary/aromatic N) is 3. The summed E-state index contributed by atoms with van der Waals surface area (Å²) in [4.78, 5) is 22.7. The lowest BCUT2D eigenvalue weighted by molar-refractivity contribution is -0.384. The number of nitrogens with one attached hydrogen (secondary N) is 1. The average Bonchev–Trinajstić information content (AvgIpc) is 3.02. The maximum Gasteiger partial charge on any atom is 0.269 e. The molecule has 0 fully saturated rings. The maximum atomic E-state index is 12.4. The number of hydrogen-bond donors (Lipinski definition) is 1. The number of amides is 1. The zero-order valence-electron chi connectivity index (χ0n) is 15.8. The lowest BCUT2D eigenvalue weighted by atomic mass is 10.1. The summed E-state index contributed by atoms with van der Waals surface area (Å²) in [6.45, 7) is 5.52. The molecule has 0 saturated carbocycles. The number of nitro benzene ring substituents is 1. The van der Waals surface area contributed by atoms with E-state index in [1.807, 2.05) is 32.0 Å². The summed E-state index contributed by atoms with van der Waals surface area (Å²) < 4.78 is 7.15. The maximum absolute atomic E-state index is 12.4. The Balaban J connectivity index is 1.73. The van der Waals surface area contributed by atoms with Gasteiger partial charge in [0.25, 0.3) is 11.6 Å². The van der Waals surface area contributed by atoms with E-state index in [0.717, 1.165) is 11.1 Å². The minimum absolute atomic E-state index is 0.0138. The molecular weight excluding hydrogens is 360 g/mol. The summed E-state index contributed by atoms with van der Waals surface area (Å²) in [7, 11) is 0. The Kier molecular flexibility index (Phi) is 5.39. The summed E-state index contributed by atoms with van der Waals surface area (Å²) >= 11 is 0. The predicted octanol–water partition coefficient (Wildman–Crippen LogP) is 3.72. The average molecular weight is 380 g/mol. The van der Waals surface area contributed by atoms with Crippen LogP contribution in [0, 0.1) is 30.9 Å². The third-order valence-electron chi connectivity index (χ3n) is 4.11. The highest BCUT2D eigenvalue weighted by Gasteiger charge is 2.13. The van der Waals surface area contributed by atoms with Gasteiger partial charge in [-0.2, -0.15) is 5.10 Å². The second-order valence-corrected chi connectivity index (χ2v) is 6.46. The molecular formula is C20H20N4O4.